The van der Waals surface area contributed by atoms with Crippen LogP contribution in [0.3, 0.4) is 0 Å². The lowest BCUT2D eigenvalue weighted by Crippen LogP contribution is -2.42. The van der Waals surface area contributed by atoms with Crippen LogP contribution >= 0.6 is 23.2 Å². The van der Waals surface area contributed by atoms with Crippen molar-refractivity contribution >= 4 is 47.1 Å². The first-order chi connectivity index (χ1) is 15.8. The Bertz CT molecular complexity index is 1160. The number of carbonyl (C=O) groups excluding carboxylic acids is 2. The topological polar surface area (TPSA) is 86.7 Å². The number of carbonyl (C=O) groups is 3. The molecule has 0 aliphatic rings. The summed E-state index contributed by atoms with van der Waals surface area (Å²) in [4.78, 5) is 39.9. The van der Waals surface area contributed by atoms with Crippen LogP contribution in [0.15, 0.2) is 66.7 Å². The van der Waals surface area contributed by atoms with E-state index in [1.165, 1.54) is 12.1 Å². The van der Waals surface area contributed by atoms with Crippen molar-refractivity contribution in [2.45, 2.75) is 19.0 Å². The van der Waals surface area contributed by atoms with Crippen molar-refractivity contribution in [2.24, 2.45) is 0 Å². The lowest BCUT2D eigenvalue weighted by atomic mass is 9.97. The van der Waals surface area contributed by atoms with Gasteiger partial charge in [0.15, 0.2) is 6.04 Å². The lowest BCUT2D eigenvalue weighted by molar-refractivity contribution is -0.143. The molecule has 0 bridgehead atoms. The van der Waals surface area contributed by atoms with Crippen molar-refractivity contribution < 1.29 is 19.5 Å². The molecule has 2 N–H and O–H groups in total. The number of benzene rings is 3. The van der Waals surface area contributed by atoms with E-state index < -0.39 is 24.0 Å². The highest BCUT2D eigenvalue weighted by Gasteiger charge is 2.38. The van der Waals surface area contributed by atoms with E-state index in [1.807, 2.05) is 13.0 Å². The first kappa shape index (κ1) is 24.3. The molecule has 170 valence electrons. The lowest BCUT2D eigenvalue weighted by Gasteiger charge is -2.34. The summed E-state index contributed by atoms with van der Waals surface area (Å²) in [6.45, 7) is 1.82. The average Bonchev–Trinajstić information content (AvgIpc) is 2.80. The molecule has 3 aromatic carbocycles. The number of aldehydes is 1. The molecule has 0 aliphatic carbocycles. The number of nitrogens with zero attached hydrogens (tertiary/aromatic N) is 1. The van der Waals surface area contributed by atoms with Crippen LogP contribution in [0, 0.1) is 6.92 Å². The minimum Gasteiger partial charge on any atom is -0.479 e. The molecule has 0 radical (unpaired) electrons. The second-order valence-electron chi connectivity index (χ2n) is 7.44. The molecule has 0 saturated heterocycles. The van der Waals surface area contributed by atoms with Crippen LogP contribution in [0.2, 0.25) is 10.0 Å². The number of rotatable bonds is 8. The van der Waals surface area contributed by atoms with Gasteiger partial charge in [0.25, 0.3) is 5.91 Å². The quantitative estimate of drug-likeness (QED) is 0.409. The zero-order chi connectivity index (χ0) is 24.1. The SMILES string of the molecule is CNc1ccc(C)cc1C(=O)N(C(C=O)c1ccc(Cl)cc1)C(C(=O)O)c1ccc(Cl)cc1. The van der Waals surface area contributed by atoms with Crippen LogP contribution in [0.4, 0.5) is 5.69 Å². The van der Waals surface area contributed by atoms with Gasteiger partial charge >= 0.3 is 5.97 Å². The predicted octanol–water partition coefficient (Wildman–Crippen LogP) is 5.55. The summed E-state index contributed by atoms with van der Waals surface area (Å²) < 4.78 is 0. The second kappa shape index (κ2) is 10.5. The molecule has 0 saturated carbocycles. The van der Waals surface area contributed by atoms with Gasteiger partial charge < -0.3 is 20.1 Å². The van der Waals surface area contributed by atoms with Crippen LogP contribution in [0.5, 0.6) is 0 Å². The van der Waals surface area contributed by atoms with Crippen molar-refractivity contribution in [3.63, 3.8) is 0 Å². The fourth-order valence-electron chi connectivity index (χ4n) is 3.63. The van der Waals surface area contributed by atoms with E-state index in [2.05, 4.69) is 5.32 Å². The van der Waals surface area contributed by atoms with Crippen LogP contribution in [-0.4, -0.2) is 35.2 Å². The highest BCUT2D eigenvalue weighted by molar-refractivity contribution is 6.30. The second-order valence-corrected chi connectivity index (χ2v) is 8.31. The summed E-state index contributed by atoms with van der Waals surface area (Å²) in [6.07, 6.45) is 0.557. The van der Waals surface area contributed by atoms with Gasteiger partial charge in [0, 0.05) is 22.8 Å². The van der Waals surface area contributed by atoms with Crippen molar-refractivity contribution in [3.05, 3.63) is 99.0 Å². The standard InChI is InChI=1S/C25H22Cl2N2O4/c1-15-3-12-21(28-2)20(13-15)24(31)29(22(14-30)16-4-8-18(26)9-5-16)23(25(32)33)17-6-10-19(27)11-7-17/h3-14,22-23,28H,1-2H3,(H,32,33). The van der Waals surface area contributed by atoms with Gasteiger partial charge in [-0.25, -0.2) is 4.79 Å². The van der Waals surface area contributed by atoms with Gasteiger partial charge in [-0.2, -0.15) is 0 Å². The molecule has 0 heterocycles. The Balaban J connectivity index is 2.24. The van der Waals surface area contributed by atoms with Gasteiger partial charge in [-0.3, -0.25) is 4.79 Å². The molecule has 3 rings (SSSR count). The number of hydrogen-bond donors (Lipinski definition) is 2. The summed E-state index contributed by atoms with van der Waals surface area (Å²) in [5.41, 5.74) is 2.31. The maximum atomic E-state index is 13.9. The molecule has 3 aromatic rings. The fraction of sp³-hybridized carbons (Fsp3) is 0.160. The Morgan fingerprint density at radius 2 is 1.48 bits per heavy atom. The number of carboxylic acids is 1. The van der Waals surface area contributed by atoms with Crippen LogP contribution in [0.1, 0.15) is 39.1 Å². The summed E-state index contributed by atoms with van der Waals surface area (Å²) in [7, 11) is 1.66. The van der Waals surface area contributed by atoms with Gasteiger partial charge in [0.05, 0.1) is 5.56 Å². The Labute approximate surface area is 201 Å². The molecule has 0 aliphatic heterocycles. The average molecular weight is 485 g/mol. The zero-order valence-corrected chi connectivity index (χ0v) is 19.5. The molecule has 1 amide bonds. The van der Waals surface area contributed by atoms with Gasteiger partial charge in [0.2, 0.25) is 0 Å². The molecule has 0 aromatic heterocycles. The number of aryl methyl sites for hydroxylation is 1. The molecule has 6 nitrogen and oxygen atoms in total. The Morgan fingerprint density at radius 1 is 0.939 bits per heavy atom. The number of anilines is 1. The number of nitrogens with one attached hydrogen (secondary N) is 1. The maximum absolute atomic E-state index is 13.9. The molecular formula is C25H22Cl2N2O4. The van der Waals surface area contributed by atoms with Crippen molar-refractivity contribution in [1.82, 2.24) is 4.90 Å². The van der Waals surface area contributed by atoms with E-state index in [1.54, 1.807) is 55.6 Å². The number of amides is 1. The Kier molecular flexibility index (Phi) is 7.74. The van der Waals surface area contributed by atoms with E-state index in [0.29, 0.717) is 33.1 Å². The molecule has 0 spiro atoms. The monoisotopic (exact) mass is 484 g/mol. The molecule has 2 atom stereocenters. The van der Waals surface area contributed by atoms with E-state index in [4.69, 9.17) is 23.2 Å². The van der Waals surface area contributed by atoms with Crippen molar-refractivity contribution in [2.75, 3.05) is 12.4 Å². The largest absolute Gasteiger partial charge is 0.479 e. The normalized spacial score (nSPS) is 12.5. The van der Waals surface area contributed by atoms with Gasteiger partial charge in [-0.05, 0) is 54.4 Å². The van der Waals surface area contributed by atoms with E-state index in [9.17, 15) is 19.5 Å². The number of carboxylic acid groups (broad SMARTS) is 1. The van der Waals surface area contributed by atoms with Crippen molar-refractivity contribution in [1.29, 1.82) is 0 Å². The molecule has 0 fully saturated rings. The Morgan fingerprint density at radius 3 is 1.97 bits per heavy atom. The third-order valence-electron chi connectivity index (χ3n) is 5.25. The molecule has 8 heteroatoms. The van der Waals surface area contributed by atoms with Gasteiger partial charge in [0.1, 0.15) is 12.3 Å². The minimum absolute atomic E-state index is 0.249. The zero-order valence-electron chi connectivity index (χ0n) is 18.0. The van der Waals surface area contributed by atoms with Crippen LogP contribution in [-0.2, 0) is 9.59 Å². The van der Waals surface area contributed by atoms with Crippen LogP contribution < -0.4 is 5.32 Å². The number of halogens is 2. The summed E-state index contributed by atoms with van der Waals surface area (Å²) >= 11 is 12.0. The highest BCUT2D eigenvalue weighted by atomic mass is 35.5. The molecular weight excluding hydrogens is 463 g/mol. The van der Waals surface area contributed by atoms with Crippen LogP contribution in [0.25, 0.3) is 0 Å². The van der Waals surface area contributed by atoms with Crippen molar-refractivity contribution in [3.8, 4) is 0 Å². The van der Waals surface area contributed by atoms with E-state index in [-0.39, 0.29) is 5.56 Å². The Hall–Kier alpha value is -3.35. The minimum atomic E-state index is -1.45. The van der Waals surface area contributed by atoms with E-state index in [0.717, 1.165) is 10.5 Å². The predicted molar refractivity (Wildman–Crippen MR) is 129 cm³/mol. The number of hydrogen-bond acceptors (Lipinski definition) is 4. The molecule has 2 unspecified atom stereocenters. The van der Waals surface area contributed by atoms with E-state index >= 15 is 0 Å². The smallest absolute Gasteiger partial charge is 0.331 e. The first-order valence-electron chi connectivity index (χ1n) is 10.1. The summed E-state index contributed by atoms with van der Waals surface area (Å²) in [5, 5.41) is 14.0. The maximum Gasteiger partial charge on any atom is 0.331 e. The first-order valence-corrected chi connectivity index (χ1v) is 10.8. The highest BCUT2D eigenvalue weighted by Crippen LogP contribution is 2.34. The van der Waals surface area contributed by atoms with Gasteiger partial charge in [-0.1, -0.05) is 59.1 Å². The third-order valence-corrected chi connectivity index (χ3v) is 5.75. The summed E-state index contributed by atoms with van der Waals surface area (Å²) in [6, 6.07) is 15.1. The molecule has 33 heavy (non-hydrogen) atoms. The fourth-order valence-corrected chi connectivity index (χ4v) is 3.88. The van der Waals surface area contributed by atoms with Gasteiger partial charge in [-0.15, -0.1) is 0 Å². The summed E-state index contributed by atoms with van der Waals surface area (Å²) in [5.74, 6) is -1.90. The number of aliphatic carboxylic acids is 1. The third kappa shape index (κ3) is 5.35.